The summed E-state index contributed by atoms with van der Waals surface area (Å²) < 4.78 is 12.7. The molecule has 3 N–H and O–H groups in total. The van der Waals surface area contributed by atoms with Gasteiger partial charge in [-0.3, -0.25) is 0 Å². The number of pyridine rings is 1. The lowest BCUT2D eigenvalue weighted by atomic mass is 10.2. The van der Waals surface area contributed by atoms with Gasteiger partial charge in [-0.2, -0.15) is 0 Å². The van der Waals surface area contributed by atoms with Gasteiger partial charge in [0, 0.05) is 0 Å². The quantitative estimate of drug-likeness (QED) is 0.336. The lowest BCUT2D eigenvalue weighted by Gasteiger charge is -1.99. The average Bonchev–Trinajstić information content (AvgIpc) is 2.36. The first-order valence-electron chi connectivity index (χ1n) is 5.25. The van der Waals surface area contributed by atoms with Gasteiger partial charge in [0.25, 0.3) is 0 Å². The predicted octanol–water partition coefficient (Wildman–Crippen LogP) is 2.68. The Kier molecular flexibility index (Phi) is 10.4. The van der Waals surface area contributed by atoms with Crippen molar-refractivity contribution in [3.8, 4) is 0 Å². The molecular weight excluding hydrogens is 209 g/mol. The van der Waals surface area contributed by atoms with E-state index in [-0.39, 0.29) is 11.5 Å². The Morgan fingerprint density at radius 1 is 1.38 bits per heavy atom. The second-order valence-electron chi connectivity index (χ2n) is 2.30. The molecule has 0 aliphatic rings. The Hall–Kier alpha value is -1.65. The molecule has 0 atom stereocenters. The summed E-state index contributed by atoms with van der Waals surface area (Å²) in [4.78, 5) is 3.62. The van der Waals surface area contributed by atoms with E-state index in [1.165, 1.54) is 6.07 Å². The minimum atomic E-state index is -0.413. The zero-order valence-electron chi connectivity index (χ0n) is 10.5. The molecule has 1 aromatic heterocycles. The summed E-state index contributed by atoms with van der Waals surface area (Å²) in [7, 11) is 0. The van der Waals surface area contributed by atoms with Gasteiger partial charge in [0.2, 0.25) is 0 Å². The second-order valence-corrected chi connectivity index (χ2v) is 2.30. The molecular formula is C11H20FN3O. The average molecular weight is 229 g/mol. The third-order valence-corrected chi connectivity index (χ3v) is 1.42. The fourth-order valence-electron chi connectivity index (χ4n) is 0.731. The van der Waals surface area contributed by atoms with Crippen molar-refractivity contribution in [3.63, 3.8) is 0 Å². The first-order valence-corrected chi connectivity index (χ1v) is 5.25. The van der Waals surface area contributed by atoms with Crippen LogP contribution in [0.3, 0.4) is 0 Å². The predicted molar refractivity (Wildman–Crippen MR) is 64.1 cm³/mol. The fraction of sp³-hybridized carbons (Fsp3) is 0.455. The maximum Gasteiger partial charge on any atom is 0.188 e. The lowest BCUT2D eigenvalue weighted by molar-refractivity contribution is 0.318. The van der Waals surface area contributed by atoms with Gasteiger partial charge in [0.15, 0.2) is 5.84 Å². The molecule has 1 heterocycles. The number of nitrogens with zero attached hydrogens (tertiary/aromatic N) is 2. The van der Waals surface area contributed by atoms with Gasteiger partial charge >= 0.3 is 0 Å². The summed E-state index contributed by atoms with van der Waals surface area (Å²) in [6.07, 6.45) is 1.03. The second kappa shape index (κ2) is 9.89. The van der Waals surface area contributed by atoms with Crippen LogP contribution in [0.25, 0.3) is 0 Å². The maximum absolute atomic E-state index is 12.7. The Morgan fingerprint density at radius 3 is 2.25 bits per heavy atom. The van der Waals surface area contributed by atoms with Crippen LogP contribution >= 0.6 is 0 Å². The van der Waals surface area contributed by atoms with Gasteiger partial charge in [-0.05, 0) is 18.6 Å². The van der Waals surface area contributed by atoms with Gasteiger partial charge in [-0.1, -0.05) is 32.9 Å². The molecule has 92 valence electrons. The lowest BCUT2D eigenvalue weighted by Crippen LogP contribution is -2.15. The SMILES string of the molecule is CC.CC.Cc1cc(/C(N)=N/O)ncc1F. The Balaban J connectivity index is 0. The van der Waals surface area contributed by atoms with Crippen molar-refractivity contribution in [3.05, 3.63) is 29.3 Å². The van der Waals surface area contributed by atoms with Gasteiger partial charge in [0.05, 0.1) is 6.20 Å². The third-order valence-electron chi connectivity index (χ3n) is 1.42. The molecule has 0 fully saturated rings. The molecule has 0 bridgehead atoms. The smallest absolute Gasteiger partial charge is 0.188 e. The van der Waals surface area contributed by atoms with Crippen LogP contribution in [0.2, 0.25) is 0 Å². The first-order chi connectivity index (χ1) is 7.65. The minimum Gasteiger partial charge on any atom is -0.409 e. The van der Waals surface area contributed by atoms with Crippen LogP contribution in [-0.4, -0.2) is 16.0 Å². The van der Waals surface area contributed by atoms with Crippen molar-refractivity contribution in [2.75, 3.05) is 0 Å². The number of amidine groups is 1. The van der Waals surface area contributed by atoms with Gasteiger partial charge in [-0.15, -0.1) is 0 Å². The van der Waals surface area contributed by atoms with Crippen LogP contribution in [0.4, 0.5) is 4.39 Å². The summed E-state index contributed by atoms with van der Waals surface area (Å²) >= 11 is 0. The first kappa shape index (κ1) is 16.8. The van der Waals surface area contributed by atoms with Crippen LogP contribution < -0.4 is 5.73 Å². The standard InChI is InChI=1S/C7H8FN3O.2C2H6/c1-4-2-6(7(9)11-12)10-3-5(4)8;2*1-2/h2-3,12H,1H3,(H2,9,11);2*1-2H3. The molecule has 16 heavy (non-hydrogen) atoms. The Bertz CT molecular complexity index is 327. The molecule has 0 radical (unpaired) electrons. The molecule has 1 aromatic rings. The Morgan fingerprint density at radius 2 is 1.88 bits per heavy atom. The van der Waals surface area contributed by atoms with Gasteiger partial charge < -0.3 is 10.9 Å². The molecule has 4 nitrogen and oxygen atoms in total. The highest BCUT2D eigenvalue weighted by atomic mass is 19.1. The summed E-state index contributed by atoms with van der Waals surface area (Å²) in [5.74, 6) is -0.539. The zero-order valence-corrected chi connectivity index (χ0v) is 10.5. The number of hydrogen-bond donors (Lipinski definition) is 2. The normalized spacial score (nSPS) is 9.50. The van der Waals surface area contributed by atoms with Gasteiger partial charge in [-0.25, -0.2) is 9.37 Å². The van der Waals surface area contributed by atoms with Crippen LogP contribution in [0.1, 0.15) is 39.0 Å². The van der Waals surface area contributed by atoms with Crippen molar-refractivity contribution in [1.82, 2.24) is 4.98 Å². The fourth-order valence-corrected chi connectivity index (χ4v) is 0.731. The molecule has 0 amide bonds. The summed E-state index contributed by atoms with van der Waals surface area (Å²) in [5.41, 5.74) is 5.90. The molecule has 0 spiro atoms. The van der Waals surface area contributed by atoms with Crippen molar-refractivity contribution in [2.24, 2.45) is 10.9 Å². The molecule has 0 saturated carbocycles. The van der Waals surface area contributed by atoms with Crippen molar-refractivity contribution in [1.29, 1.82) is 0 Å². The molecule has 0 aliphatic heterocycles. The van der Waals surface area contributed by atoms with E-state index < -0.39 is 5.82 Å². The third kappa shape index (κ3) is 5.29. The van der Waals surface area contributed by atoms with E-state index in [0.717, 1.165) is 6.20 Å². The number of aryl methyl sites for hydroxylation is 1. The molecule has 1 rings (SSSR count). The number of aromatic nitrogens is 1. The van der Waals surface area contributed by atoms with E-state index in [1.807, 2.05) is 27.7 Å². The zero-order chi connectivity index (χ0) is 13.1. The minimum absolute atomic E-state index is 0.127. The maximum atomic E-state index is 12.7. The summed E-state index contributed by atoms with van der Waals surface area (Å²) in [6, 6.07) is 1.41. The largest absolute Gasteiger partial charge is 0.409 e. The van der Waals surface area contributed by atoms with E-state index in [9.17, 15) is 4.39 Å². The van der Waals surface area contributed by atoms with E-state index >= 15 is 0 Å². The summed E-state index contributed by atoms with van der Waals surface area (Å²) in [6.45, 7) is 9.57. The van der Waals surface area contributed by atoms with Crippen LogP contribution in [0.5, 0.6) is 0 Å². The van der Waals surface area contributed by atoms with Crippen molar-refractivity contribution < 1.29 is 9.60 Å². The van der Waals surface area contributed by atoms with Crippen LogP contribution in [0, 0.1) is 12.7 Å². The molecule has 5 heteroatoms. The Labute approximate surface area is 96.0 Å². The molecule has 0 aromatic carbocycles. The van der Waals surface area contributed by atoms with Crippen LogP contribution in [-0.2, 0) is 0 Å². The van der Waals surface area contributed by atoms with Crippen molar-refractivity contribution >= 4 is 5.84 Å². The van der Waals surface area contributed by atoms with E-state index in [0.29, 0.717) is 5.56 Å². The van der Waals surface area contributed by atoms with Crippen LogP contribution in [0.15, 0.2) is 17.4 Å². The highest BCUT2D eigenvalue weighted by Crippen LogP contribution is 2.05. The van der Waals surface area contributed by atoms with E-state index in [4.69, 9.17) is 10.9 Å². The topological polar surface area (TPSA) is 71.5 Å². The number of halogens is 1. The van der Waals surface area contributed by atoms with Crippen molar-refractivity contribution in [2.45, 2.75) is 34.6 Å². The number of rotatable bonds is 1. The van der Waals surface area contributed by atoms with Gasteiger partial charge in [0.1, 0.15) is 11.5 Å². The van der Waals surface area contributed by atoms with E-state index in [1.54, 1.807) is 6.92 Å². The summed E-state index contributed by atoms with van der Waals surface area (Å²) in [5, 5.41) is 11.0. The number of oxime groups is 1. The van der Waals surface area contributed by atoms with E-state index in [2.05, 4.69) is 10.1 Å². The monoisotopic (exact) mass is 229 g/mol. The number of nitrogens with two attached hydrogens (primary N) is 1. The number of hydrogen-bond acceptors (Lipinski definition) is 3. The molecule has 0 aliphatic carbocycles. The molecule has 0 saturated heterocycles. The highest BCUT2D eigenvalue weighted by Gasteiger charge is 2.03. The molecule has 0 unspecified atom stereocenters. The highest BCUT2D eigenvalue weighted by molar-refractivity contribution is 5.95.